The molecule has 12 heavy (non-hydrogen) atoms. The molecular formula is C8H16N2O2. The van der Waals surface area contributed by atoms with Gasteiger partial charge in [-0.2, -0.15) is 0 Å². The molecule has 1 fully saturated rings. The quantitative estimate of drug-likeness (QED) is 0.677. The van der Waals surface area contributed by atoms with Crippen LogP contribution in [-0.4, -0.2) is 36.7 Å². The highest BCUT2D eigenvalue weighted by molar-refractivity contribution is 5.70. The van der Waals surface area contributed by atoms with Gasteiger partial charge in [-0.05, 0) is 26.3 Å². The van der Waals surface area contributed by atoms with Crippen molar-refractivity contribution in [2.45, 2.75) is 25.3 Å². The number of amides is 1. The molecule has 1 heterocycles. The van der Waals surface area contributed by atoms with E-state index in [0.717, 1.165) is 12.8 Å². The maximum Gasteiger partial charge on any atom is 0.410 e. The van der Waals surface area contributed by atoms with Crippen LogP contribution in [0.1, 0.15) is 19.8 Å². The van der Waals surface area contributed by atoms with E-state index in [1.54, 1.807) is 11.9 Å². The summed E-state index contributed by atoms with van der Waals surface area (Å²) in [5, 5.41) is 0. The lowest BCUT2D eigenvalue weighted by atomic mass is 9.96. The summed E-state index contributed by atoms with van der Waals surface area (Å²) < 4.78 is 4.92. The maximum atomic E-state index is 11.0. The number of carbonyl (C=O) groups excluding carboxylic acids is 1. The third-order valence-electron chi connectivity index (χ3n) is 2.51. The molecule has 0 bridgehead atoms. The SMILES string of the molecule is CN1C(=O)OCC1(C)CCCN. The van der Waals surface area contributed by atoms with Crippen LogP contribution in [0.5, 0.6) is 0 Å². The standard InChI is InChI=1S/C8H16N2O2/c1-8(4-3-5-9)6-12-7(11)10(8)2/h3-6,9H2,1-2H3. The summed E-state index contributed by atoms with van der Waals surface area (Å²) in [6.07, 6.45) is 1.61. The average molecular weight is 172 g/mol. The van der Waals surface area contributed by atoms with Crippen molar-refractivity contribution >= 4 is 6.09 Å². The molecule has 2 N–H and O–H groups in total. The van der Waals surface area contributed by atoms with Crippen LogP contribution < -0.4 is 5.73 Å². The van der Waals surface area contributed by atoms with Crippen LogP contribution in [0.15, 0.2) is 0 Å². The molecule has 0 spiro atoms. The minimum atomic E-state index is -0.227. The highest BCUT2D eigenvalue weighted by Gasteiger charge is 2.40. The fourth-order valence-corrected chi connectivity index (χ4v) is 1.35. The number of hydrogen-bond acceptors (Lipinski definition) is 3. The minimum absolute atomic E-state index is 0.142. The second-order valence-electron chi connectivity index (χ2n) is 3.50. The molecule has 1 aliphatic heterocycles. The molecule has 70 valence electrons. The predicted octanol–water partition coefficient (Wildman–Crippen LogP) is 0.566. The molecular weight excluding hydrogens is 156 g/mol. The Morgan fingerprint density at radius 1 is 1.75 bits per heavy atom. The fourth-order valence-electron chi connectivity index (χ4n) is 1.35. The molecule has 1 atom stereocenters. The maximum absolute atomic E-state index is 11.0. The number of nitrogens with two attached hydrogens (primary N) is 1. The first-order chi connectivity index (χ1) is 5.60. The summed E-state index contributed by atoms with van der Waals surface area (Å²) in [7, 11) is 1.77. The van der Waals surface area contributed by atoms with Gasteiger partial charge < -0.3 is 15.4 Å². The first kappa shape index (κ1) is 9.32. The molecule has 1 aliphatic rings. The van der Waals surface area contributed by atoms with E-state index in [0.29, 0.717) is 13.2 Å². The normalized spacial score (nSPS) is 29.2. The largest absolute Gasteiger partial charge is 0.447 e. The van der Waals surface area contributed by atoms with E-state index in [9.17, 15) is 4.79 Å². The van der Waals surface area contributed by atoms with E-state index >= 15 is 0 Å². The van der Waals surface area contributed by atoms with Crippen molar-refractivity contribution in [2.75, 3.05) is 20.2 Å². The predicted molar refractivity (Wildman–Crippen MR) is 45.8 cm³/mol. The number of hydrogen-bond donors (Lipinski definition) is 1. The second-order valence-corrected chi connectivity index (χ2v) is 3.50. The van der Waals surface area contributed by atoms with Gasteiger partial charge in [-0.1, -0.05) is 0 Å². The molecule has 4 heteroatoms. The number of likely N-dealkylation sites (N-methyl/N-ethyl adjacent to an activating group) is 1. The van der Waals surface area contributed by atoms with Gasteiger partial charge in [0.2, 0.25) is 0 Å². The minimum Gasteiger partial charge on any atom is -0.447 e. The Kier molecular flexibility index (Phi) is 2.57. The molecule has 0 aromatic rings. The van der Waals surface area contributed by atoms with Crippen LogP contribution in [-0.2, 0) is 4.74 Å². The van der Waals surface area contributed by atoms with Gasteiger partial charge in [-0.15, -0.1) is 0 Å². The van der Waals surface area contributed by atoms with Crippen LogP contribution in [0, 0.1) is 0 Å². The Hall–Kier alpha value is -0.770. The van der Waals surface area contributed by atoms with Gasteiger partial charge in [0.15, 0.2) is 0 Å². The monoisotopic (exact) mass is 172 g/mol. The summed E-state index contributed by atoms with van der Waals surface area (Å²) >= 11 is 0. The van der Waals surface area contributed by atoms with E-state index in [1.807, 2.05) is 6.92 Å². The molecule has 0 aromatic heterocycles. The van der Waals surface area contributed by atoms with Crippen LogP contribution in [0.2, 0.25) is 0 Å². The molecule has 1 saturated heterocycles. The van der Waals surface area contributed by atoms with E-state index in [2.05, 4.69) is 0 Å². The van der Waals surface area contributed by atoms with Crippen molar-refractivity contribution in [3.05, 3.63) is 0 Å². The molecule has 0 radical (unpaired) electrons. The highest BCUT2D eigenvalue weighted by Crippen LogP contribution is 2.26. The van der Waals surface area contributed by atoms with Gasteiger partial charge in [-0.3, -0.25) is 0 Å². The molecule has 1 amide bonds. The summed E-state index contributed by atoms with van der Waals surface area (Å²) in [5.74, 6) is 0. The lowest BCUT2D eigenvalue weighted by Crippen LogP contribution is -2.42. The number of rotatable bonds is 3. The van der Waals surface area contributed by atoms with E-state index in [4.69, 9.17) is 10.5 Å². The molecule has 0 saturated carbocycles. The van der Waals surface area contributed by atoms with Gasteiger partial charge in [0, 0.05) is 7.05 Å². The Labute approximate surface area is 72.7 Å². The number of nitrogens with zero attached hydrogens (tertiary/aromatic N) is 1. The molecule has 1 unspecified atom stereocenters. The van der Waals surface area contributed by atoms with Crippen LogP contribution in [0.4, 0.5) is 4.79 Å². The Morgan fingerprint density at radius 2 is 2.42 bits per heavy atom. The number of ether oxygens (including phenoxy) is 1. The summed E-state index contributed by atoms with van der Waals surface area (Å²) in [5.41, 5.74) is 5.26. The number of cyclic esters (lactones) is 1. The molecule has 4 nitrogen and oxygen atoms in total. The van der Waals surface area contributed by atoms with Crippen molar-refractivity contribution in [1.82, 2.24) is 4.90 Å². The van der Waals surface area contributed by atoms with Crippen molar-refractivity contribution < 1.29 is 9.53 Å². The average Bonchev–Trinajstić information content (AvgIpc) is 2.31. The zero-order valence-corrected chi connectivity index (χ0v) is 7.67. The van der Waals surface area contributed by atoms with Crippen molar-refractivity contribution in [2.24, 2.45) is 5.73 Å². The van der Waals surface area contributed by atoms with Gasteiger partial charge >= 0.3 is 6.09 Å². The second kappa shape index (κ2) is 3.31. The van der Waals surface area contributed by atoms with Gasteiger partial charge in [0.25, 0.3) is 0 Å². The fraction of sp³-hybridized carbons (Fsp3) is 0.875. The van der Waals surface area contributed by atoms with Crippen LogP contribution in [0.3, 0.4) is 0 Å². The topological polar surface area (TPSA) is 55.6 Å². The molecule has 1 rings (SSSR count). The van der Waals surface area contributed by atoms with E-state index in [-0.39, 0.29) is 11.6 Å². The third kappa shape index (κ3) is 1.53. The lowest BCUT2D eigenvalue weighted by molar-refractivity contribution is 0.162. The Bertz CT molecular complexity index is 184. The zero-order chi connectivity index (χ0) is 9.19. The third-order valence-corrected chi connectivity index (χ3v) is 2.51. The lowest BCUT2D eigenvalue weighted by Gasteiger charge is -2.28. The zero-order valence-electron chi connectivity index (χ0n) is 7.67. The summed E-state index contributed by atoms with van der Waals surface area (Å²) in [4.78, 5) is 12.7. The molecule has 0 aromatic carbocycles. The Balaban J connectivity index is 2.53. The Morgan fingerprint density at radius 3 is 2.83 bits per heavy atom. The smallest absolute Gasteiger partial charge is 0.410 e. The van der Waals surface area contributed by atoms with Crippen molar-refractivity contribution in [3.8, 4) is 0 Å². The summed E-state index contributed by atoms with van der Waals surface area (Å²) in [6, 6.07) is 0. The molecule has 0 aliphatic carbocycles. The van der Waals surface area contributed by atoms with Crippen LogP contribution in [0.25, 0.3) is 0 Å². The van der Waals surface area contributed by atoms with Crippen molar-refractivity contribution in [3.63, 3.8) is 0 Å². The highest BCUT2D eigenvalue weighted by atomic mass is 16.6. The first-order valence-electron chi connectivity index (χ1n) is 4.21. The number of carbonyl (C=O) groups is 1. The first-order valence-corrected chi connectivity index (χ1v) is 4.21. The van der Waals surface area contributed by atoms with Crippen molar-refractivity contribution in [1.29, 1.82) is 0 Å². The van der Waals surface area contributed by atoms with E-state index < -0.39 is 0 Å². The van der Waals surface area contributed by atoms with Gasteiger partial charge in [-0.25, -0.2) is 4.79 Å². The van der Waals surface area contributed by atoms with Gasteiger partial charge in [0.05, 0.1) is 5.54 Å². The van der Waals surface area contributed by atoms with E-state index in [1.165, 1.54) is 0 Å². The summed E-state index contributed by atoms with van der Waals surface area (Å²) in [6.45, 7) is 3.17. The van der Waals surface area contributed by atoms with Gasteiger partial charge in [0.1, 0.15) is 6.61 Å². The van der Waals surface area contributed by atoms with Crippen LogP contribution >= 0.6 is 0 Å².